The first-order valence-corrected chi connectivity index (χ1v) is 12.0. The third-order valence-electron chi connectivity index (χ3n) is 7.89. The van der Waals surface area contributed by atoms with E-state index in [-0.39, 0.29) is 12.0 Å². The largest absolute Gasteiger partial charge is 0.489 e. The van der Waals surface area contributed by atoms with Crippen molar-refractivity contribution in [3.63, 3.8) is 0 Å². The zero-order valence-electron chi connectivity index (χ0n) is 18.4. The predicted octanol–water partition coefficient (Wildman–Crippen LogP) is 5.61. The molecule has 2 heterocycles. The first-order valence-electron chi connectivity index (χ1n) is 12.0. The summed E-state index contributed by atoms with van der Waals surface area (Å²) in [6, 6.07) is 14.1. The minimum absolute atomic E-state index is 0.227. The SMILES string of the molecule is CC1CCC(Oc2ccc3cc(CN4C5CCC4CC(C=O)C5)ccc3c2C#N)CC1. The fourth-order valence-electron chi connectivity index (χ4n) is 6.09. The molecule has 2 unspecified atom stereocenters. The summed E-state index contributed by atoms with van der Waals surface area (Å²) in [6.07, 6.45) is 10.4. The van der Waals surface area contributed by atoms with Crippen molar-refractivity contribution in [3.05, 3.63) is 41.5 Å². The highest BCUT2D eigenvalue weighted by Crippen LogP contribution is 2.39. The monoisotopic (exact) mass is 416 g/mol. The van der Waals surface area contributed by atoms with Crippen molar-refractivity contribution in [3.8, 4) is 11.8 Å². The summed E-state index contributed by atoms with van der Waals surface area (Å²) in [5.74, 6) is 1.76. The van der Waals surface area contributed by atoms with Gasteiger partial charge >= 0.3 is 0 Å². The van der Waals surface area contributed by atoms with Crippen LogP contribution in [0.5, 0.6) is 5.75 Å². The lowest BCUT2D eigenvalue weighted by Crippen LogP contribution is -2.42. The van der Waals surface area contributed by atoms with Crippen LogP contribution in [0.25, 0.3) is 10.8 Å². The Balaban J connectivity index is 1.35. The number of piperidine rings is 1. The lowest BCUT2D eigenvalue weighted by atomic mass is 9.89. The fraction of sp³-hybridized carbons (Fsp3) is 0.556. The molecule has 1 saturated carbocycles. The van der Waals surface area contributed by atoms with E-state index in [4.69, 9.17) is 4.74 Å². The van der Waals surface area contributed by atoms with Gasteiger partial charge in [0.2, 0.25) is 0 Å². The Labute approximate surface area is 185 Å². The van der Waals surface area contributed by atoms with Crippen LogP contribution in [0.1, 0.15) is 69.4 Å². The summed E-state index contributed by atoms with van der Waals surface area (Å²) >= 11 is 0. The minimum Gasteiger partial charge on any atom is -0.489 e. The standard InChI is InChI=1S/C27H32N2O2/c1-18-2-8-24(9-3-18)31-27-11-5-21-12-19(4-10-25(21)26(27)15-28)16-29-22-6-7-23(29)14-20(13-22)17-30/h4-5,10-12,17-18,20,22-24H,2-3,6-9,13-14,16H2,1H3. The maximum atomic E-state index is 11.3. The Morgan fingerprint density at radius 2 is 1.81 bits per heavy atom. The Morgan fingerprint density at radius 1 is 1.06 bits per heavy atom. The second-order valence-corrected chi connectivity index (χ2v) is 10.0. The number of rotatable bonds is 5. The molecule has 2 saturated heterocycles. The topological polar surface area (TPSA) is 53.3 Å². The first-order chi connectivity index (χ1) is 15.1. The highest BCUT2D eigenvalue weighted by Gasteiger charge is 2.40. The van der Waals surface area contributed by atoms with Crippen LogP contribution < -0.4 is 4.74 Å². The van der Waals surface area contributed by atoms with Crippen LogP contribution in [0.2, 0.25) is 0 Å². The maximum Gasteiger partial charge on any atom is 0.138 e. The first kappa shape index (κ1) is 20.5. The van der Waals surface area contributed by atoms with E-state index in [0.29, 0.717) is 17.6 Å². The summed E-state index contributed by atoms with van der Waals surface area (Å²) in [4.78, 5) is 13.9. The molecular weight excluding hydrogens is 384 g/mol. The van der Waals surface area contributed by atoms with E-state index < -0.39 is 0 Å². The van der Waals surface area contributed by atoms with Gasteiger partial charge in [0.15, 0.2) is 0 Å². The highest BCUT2D eigenvalue weighted by atomic mass is 16.5. The van der Waals surface area contributed by atoms with Crippen molar-refractivity contribution in [1.82, 2.24) is 4.90 Å². The van der Waals surface area contributed by atoms with E-state index in [2.05, 4.69) is 42.2 Å². The Bertz CT molecular complexity index is 988. The van der Waals surface area contributed by atoms with Gasteiger partial charge in [-0.15, -0.1) is 0 Å². The number of ether oxygens (including phenoxy) is 1. The number of aldehydes is 1. The normalized spacial score (nSPS) is 30.8. The van der Waals surface area contributed by atoms with E-state index in [9.17, 15) is 10.1 Å². The third-order valence-corrected chi connectivity index (χ3v) is 7.89. The molecule has 31 heavy (non-hydrogen) atoms. The molecule has 1 aliphatic carbocycles. The molecule has 0 radical (unpaired) electrons. The fourth-order valence-corrected chi connectivity index (χ4v) is 6.09. The summed E-state index contributed by atoms with van der Waals surface area (Å²) in [6.45, 7) is 3.23. The number of hydrogen-bond acceptors (Lipinski definition) is 4. The summed E-state index contributed by atoms with van der Waals surface area (Å²) < 4.78 is 6.28. The molecule has 3 fully saturated rings. The van der Waals surface area contributed by atoms with Crippen molar-refractivity contribution in [2.45, 2.75) is 83.0 Å². The van der Waals surface area contributed by atoms with Gasteiger partial charge in [-0.25, -0.2) is 0 Å². The molecular formula is C27H32N2O2. The third kappa shape index (κ3) is 4.08. The van der Waals surface area contributed by atoms with Gasteiger partial charge in [-0.3, -0.25) is 4.90 Å². The number of nitriles is 1. The summed E-state index contributed by atoms with van der Waals surface area (Å²) in [5, 5.41) is 12.0. The van der Waals surface area contributed by atoms with Crippen LogP contribution >= 0.6 is 0 Å². The number of nitrogens with zero attached hydrogens (tertiary/aromatic N) is 2. The molecule has 0 spiro atoms. The van der Waals surface area contributed by atoms with Gasteiger partial charge in [0.05, 0.1) is 6.10 Å². The van der Waals surface area contributed by atoms with Gasteiger partial charge in [0.1, 0.15) is 23.7 Å². The van der Waals surface area contributed by atoms with E-state index in [0.717, 1.165) is 61.0 Å². The molecule has 2 bridgehead atoms. The van der Waals surface area contributed by atoms with Gasteiger partial charge < -0.3 is 9.53 Å². The Kier molecular flexibility index (Phi) is 5.71. The molecule has 2 atom stereocenters. The van der Waals surface area contributed by atoms with Gasteiger partial charge in [0.25, 0.3) is 0 Å². The van der Waals surface area contributed by atoms with E-state index in [1.165, 1.54) is 31.2 Å². The van der Waals surface area contributed by atoms with Gasteiger partial charge in [-0.2, -0.15) is 5.26 Å². The maximum absolute atomic E-state index is 11.3. The van der Waals surface area contributed by atoms with Crippen LogP contribution in [0.4, 0.5) is 0 Å². The van der Waals surface area contributed by atoms with Crippen LogP contribution in [0.3, 0.4) is 0 Å². The smallest absolute Gasteiger partial charge is 0.138 e. The molecule has 162 valence electrons. The second kappa shape index (κ2) is 8.63. The highest BCUT2D eigenvalue weighted by molar-refractivity contribution is 5.90. The zero-order chi connectivity index (χ0) is 21.4. The van der Waals surface area contributed by atoms with Crippen molar-refractivity contribution in [2.75, 3.05) is 0 Å². The summed E-state index contributed by atoms with van der Waals surface area (Å²) in [7, 11) is 0. The number of hydrogen-bond donors (Lipinski definition) is 0. The molecule has 0 N–H and O–H groups in total. The number of carbonyl (C=O) groups excluding carboxylic acids is 1. The van der Waals surface area contributed by atoms with Crippen molar-refractivity contribution < 1.29 is 9.53 Å². The predicted molar refractivity (Wildman–Crippen MR) is 122 cm³/mol. The van der Waals surface area contributed by atoms with Crippen molar-refractivity contribution >= 4 is 17.1 Å². The molecule has 0 amide bonds. The van der Waals surface area contributed by atoms with Gasteiger partial charge in [-0.1, -0.05) is 25.1 Å². The molecule has 2 aromatic rings. The van der Waals surface area contributed by atoms with Crippen molar-refractivity contribution in [1.29, 1.82) is 5.26 Å². The molecule has 4 heteroatoms. The number of fused-ring (bicyclic) bond motifs is 3. The molecule has 2 aliphatic heterocycles. The Morgan fingerprint density at radius 3 is 2.48 bits per heavy atom. The van der Waals surface area contributed by atoms with E-state index >= 15 is 0 Å². The van der Waals surface area contributed by atoms with Crippen molar-refractivity contribution in [2.24, 2.45) is 11.8 Å². The lowest BCUT2D eigenvalue weighted by Gasteiger charge is -2.37. The molecule has 3 aliphatic rings. The van der Waals surface area contributed by atoms with E-state index in [1.807, 2.05) is 6.07 Å². The Hall–Kier alpha value is -2.38. The number of carbonyl (C=O) groups is 1. The average molecular weight is 417 g/mol. The number of benzene rings is 2. The second-order valence-electron chi connectivity index (χ2n) is 10.0. The summed E-state index contributed by atoms with van der Waals surface area (Å²) in [5.41, 5.74) is 1.95. The van der Waals surface area contributed by atoms with Gasteiger partial charge in [-0.05, 0) is 80.4 Å². The van der Waals surface area contributed by atoms with Crippen LogP contribution in [-0.4, -0.2) is 29.4 Å². The van der Waals surface area contributed by atoms with Crippen LogP contribution in [0, 0.1) is 23.2 Å². The van der Waals surface area contributed by atoms with Crippen LogP contribution in [0.15, 0.2) is 30.3 Å². The quantitative estimate of drug-likeness (QED) is 0.595. The average Bonchev–Trinajstić information content (AvgIpc) is 3.02. The van der Waals surface area contributed by atoms with Gasteiger partial charge in [0, 0.05) is 29.9 Å². The lowest BCUT2D eigenvalue weighted by molar-refractivity contribution is -0.113. The zero-order valence-corrected chi connectivity index (χ0v) is 18.4. The van der Waals surface area contributed by atoms with Crippen LogP contribution in [-0.2, 0) is 11.3 Å². The molecule has 2 aromatic carbocycles. The van der Waals surface area contributed by atoms with E-state index in [1.54, 1.807) is 0 Å². The molecule has 0 aromatic heterocycles. The molecule has 5 rings (SSSR count). The molecule has 4 nitrogen and oxygen atoms in total. The minimum atomic E-state index is 0.227.